The first-order valence-electron chi connectivity index (χ1n) is 8.88. The number of hydrogen-bond donors (Lipinski definition) is 2. The lowest BCUT2D eigenvalue weighted by Gasteiger charge is -2.43. The maximum Gasteiger partial charge on any atom is 0.311 e. The van der Waals surface area contributed by atoms with Crippen LogP contribution in [0, 0.1) is 35.7 Å². The number of halogens is 5. The van der Waals surface area contributed by atoms with E-state index >= 15 is 0 Å². The number of anilines is 1. The Morgan fingerprint density at radius 1 is 1.13 bits per heavy atom. The summed E-state index contributed by atoms with van der Waals surface area (Å²) < 4.78 is 65.7. The topological polar surface area (TPSA) is 78.5 Å². The van der Waals surface area contributed by atoms with Crippen molar-refractivity contribution < 1.29 is 36.3 Å². The number of benzene rings is 1. The molecule has 1 aliphatic heterocycles. The summed E-state index contributed by atoms with van der Waals surface area (Å²) in [6.07, 6.45) is 3.81. The lowest BCUT2D eigenvalue weighted by Crippen LogP contribution is -2.63. The molecule has 2 fully saturated rings. The second kappa shape index (κ2) is 7.59. The molecule has 160 valence electrons. The predicted octanol–water partition coefficient (Wildman–Crippen LogP) is 1.81. The van der Waals surface area contributed by atoms with Crippen molar-refractivity contribution in [1.82, 2.24) is 10.2 Å². The van der Waals surface area contributed by atoms with Crippen molar-refractivity contribution in [2.24, 2.45) is 5.92 Å². The van der Waals surface area contributed by atoms with Gasteiger partial charge in [-0.1, -0.05) is 5.92 Å². The molecule has 2 aliphatic rings. The third kappa shape index (κ3) is 4.22. The number of carbonyl (C=O) groups excluding carboxylic acids is 3. The molecule has 1 saturated carbocycles. The summed E-state index contributed by atoms with van der Waals surface area (Å²) in [6.45, 7) is -0.154. The number of likely N-dealkylation sites (tertiary alicyclic amines) is 1. The van der Waals surface area contributed by atoms with Crippen LogP contribution in [-0.2, 0) is 14.4 Å². The maximum absolute atomic E-state index is 13.2. The molecule has 1 heterocycles. The third-order valence-corrected chi connectivity index (χ3v) is 5.04. The number of rotatable bonds is 3. The van der Waals surface area contributed by atoms with E-state index in [1.807, 2.05) is 0 Å². The van der Waals surface area contributed by atoms with Gasteiger partial charge in [0.05, 0.1) is 5.92 Å². The fraction of sp³-hybridized carbons (Fsp3) is 0.421. The normalized spacial score (nSPS) is 21.3. The Kier molecular flexibility index (Phi) is 5.45. The third-order valence-electron chi connectivity index (χ3n) is 5.04. The van der Waals surface area contributed by atoms with Gasteiger partial charge in [0, 0.05) is 43.8 Å². The van der Waals surface area contributed by atoms with E-state index in [1.54, 1.807) is 0 Å². The number of amides is 3. The fourth-order valence-corrected chi connectivity index (χ4v) is 3.50. The summed E-state index contributed by atoms with van der Waals surface area (Å²) in [7, 11) is 0. The monoisotopic (exact) mass is 429 g/mol. The summed E-state index contributed by atoms with van der Waals surface area (Å²) in [5.74, 6) is -9.24. The Balaban J connectivity index is 1.57. The highest BCUT2D eigenvalue weighted by atomic mass is 19.3. The van der Waals surface area contributed by atoms with Gasteiger partial charge < -0.3 is 15.5 Å². The fourth-order valence-electron chi connectivity index (χ4n) is 3.50. The van der Waals surface area contributed by atoms with Crippen LogP contribution in [0.25, 0.3) is 0 Å². The Morgan fingerprint density at radius 2 is 1.73 bits per heavy atom. The molecule has 1 atom stereocenters. The zero-order valence-electron chi connectivity index (χ0n) is 15.4. The van der Waals surface area contributed by atoms with E-state index < -0.39 is 65.4 Å². The molecule has 0 unspecified atom stereocenters. The average Bonchev–Trinajstić information content (AvgIpc) is 3.13. The van der Waals surface area contributed by atoms with Gasteiger partial charge in [-0.25, -0.2) is 22.0 Å². The minimum absolute atomic E-state index is 0.0235. The molecular weight excluding hydrogens is 413 g/mol. The molecule has 0 bridgehead atoms. The zero-order valence-corrected chi connectivity index (χ0v) is 15.4. The number of nitrogens with one attached hydrogen (secondary N) is 2. The molecule has 0 aromatic heterocycles. The molecule has 3 rings (SSSR count). The van der Waals surface area contributed by atoms with Gasteiger partial charge in [-0.2, -0.15) is 0 Å². The minimum atomic E-state index is -3.02. The molecule has 1 saturated heterocycles. The van der Waals surface area contributed by atoms with Gasteiger partial charge in [0.15, 0.2) is 17.5 Å². The summed E-state index contributed by atoms with van der Waals surface area (Å²) in [6, 6.07) is 1.21. The lowest BCUT2D eigenvalue weighted by molar-refractivity contribution is -0.152. The average molecular weight is 429 g/mol. The number of hydrogen-bond acceptors (Lipinski definition) is 3. The first kappa shape index (κ1) is 21.5. The second-order valence-electron chi connectivity index (χ2n) is 7.37. The van der Waals surface area contributed by atoms with Crippen molar-refractivity contribution in [3.63, 3.8) is 0 Å². The number of nitrogens with zero attached hydrogens (tertiary/aromatic N) is 1. The lowest BCUT2D eigenvalue weighted by atomic mass is 9.74. The van der Waals surface area contributed by atoms with Gasteiger partial charge >= 0.3 is 11.8 Å². The largest absolute Gasteiger partial charge is 0.334 e. The molecule has 11 heteroatoms. The van der Waals surface area contributed by atoms with Crippen LogP contribution in [0.3, 0.4) is 0 Å². The van der Waals surface area contributed by atoms with E-state index in [0.717, 1.165) is 4.90 Å². The Hall–Kier alpha value is -3.16. The van der Waals surface area contributed by atoms with Crippen molar-refractivity contribution in [2.75, 3.05) is 18.4 Å². The zero-order chi connectivity index (χ0) is 22.3. The van der Waals surface area contributed by atoms with Crippen molar-refractivity contribution in [1.29, 1.82) is 0 Å². The first-order valence-corrected chi connectivity index (χ1v) is 8.88. The Labute approximate surface area is 167 Å². The molecule has 2 N–H and O–H groups in total. The minimum Gasteiger partial charge on any atom is -0.334 e. The van der Waals surface area contributed by atoms with Crippen LogP contribution in [0.5, 0.6) is 0 Å². The number of carbonyl (C=O) groups is 3. The molecule has 3 amide bonds. The Morgan fingerprint density at radius 3 is 2.27 bits per heavy atom. The van der Waals surface area contributed by atoms with E-state index in [-0.39, 0.29) is 25.2 Å². The SMILES string of the molecule is C#CC1(NC(=O)C(=O)N2CC[C@H](C(=O)Nc3cc(F)c(F)c(F)c3)C2)CC(F)(F)C1. The quantitative estimate of drug-likeness (QED) is 0.333. The molecule has 1 aliphatic carbocycles. The van der Waals surface area contributed by atoms with Gasteiger partial charge in [-0.05, 0) is 6.42 Å². The van der Waals surface area contributed by atoms with Gasteiger partial charge in [-0.3, -0.25) is 14.4 Å². The van der Waals surface area contributed by atoms with Gasteiger partial charge in [-0.15, -0.1) is 6.42 Å². The summed E-state index contributed by atoms with van der Waals surface area (Å²) in [4.78, 5) is 37.7. The molecule has 6 nitrogen and oxygen atoms in total. The van der Waals surface area contributed by atoms with E-state index in [4.69, 9.17) is 6.42 Å². The molecule has 30 heavy (non-hydrogen) atoms. The van der Waals surface area contributed by atoms with Crippen molar-refractivity contribution in [3.05, 3.63) is 29.6 Å². The smallest absolute Gasteiger partial charge is 0.311 e. The van der Waals surface area contributed by atoms with E-state index in [2.05, 4.69) is 16.6 Å². The van der Waals surface area contributed by atoms with Crippen LogP contribution in [0.15, 0.2) is 12.1 Å². The molecule has 0 radical (unpaired) electrons. The molecule has 1 aromatic carbocycles. The van der Waals surface area contributed by atoms with Crippen molar-refractivity contribution in [2.45, 2.75) is 30.7 Å². The van der Waals surface area contributed by atoms with Crippen LogP contribution in [0.4, 0.5) is 27.6 Å². The summed E-state index contributed by atoms with van der Waals surface area (Å²) in [5.41, 5.74) is -1.90. The second-order valence-corrected chi connectivity index (χ2v) is 7.37. The van der Waals surface area contributed by atoms with E-state index in [1.165, 1.54) is 0 Å². The predicted molar refractivity (Wildman–Crippen MR) is 93.5 cm³/mol. The van der Waals surface area contributed by atoms with Gasteiger partial charge in [0.1, 0.15) is 5.54 Å². The van der Waals surface area contributed by atoms with Crippen LogP contribution in [-0.4, -0.2) is 47.2 Å². The van der Waals surface area contributed by atoms with Crippen molar-refractivity contribution in [3.8, 4) is 12.3 Å². The highest BCUT2D eigenvalue weighted by Gasteiger charge is 2.57. The number of alkyl halides is 2. The number of terminal acetylenes is 1. The summed E-state index contributed by atoms with van der Waals surface area (Å²) in [5, 5.41) is 4.37. The maximum atomic E-state index is 13.2. The van der Waals surface area contributed by atoms with E-state index in [9.17, 15) is 36.3 Å². The van der Waals surface area contributed by atoms with Crippen molar-refractivity contribution >= 4 is 23.4 Å². The van der Waals surface area contributed by atoms with Gasteiger partial charge in [0.2, 0.25) is 5.91 Å². The highest BCUT2D eigenvalue weighted by Crippen LogP contribution is 2.45. The van der Waals surface area contributed by atoms with Gasteiger partial charge in [0.25, 0.3) is 5.92 Å². The standard InChI is InChI=1S/C19H16F5N3O3/c1-2-18(8-19(23,24)9-18)26-16(29)17(30)27-4-3-10(7-27)15(28)25-11-5-12(20)14(22)13(21)6-11/h1,5-6,10H,3-4,7-9H2,(H,25,28)(H,26,29)/t10-/m0/s1. The van der Waals surface area contributed by atoms with E-state index in [0.29, 0.717) is 12.1 Å². The van der Waals surface area contributed by atoms with Crippen LogP contribution >= 0.6 is 0 Å². The molecular formula is C19H16F5N3O3. The molecule has 0 spiro atoms. The van der Waals surface area contributed by atoms with Crippen LogP contribution in [0.2, 0.25) is 0 Å². The highest BCUT2D eigenvalue weighted by molar-refractivity contribution is 6.35. The Bertz CT molecular complexity index is 928. The van der Waals surface area contributed by atoms with Crippen LogP contribution < -0.4 is 10.6 Å². The van der Waals surface area contributed by atoms with Crippen LogP contribution in [0.1, 0.15) is 19.3 Å². The first-order chi connectivity index (χ1) is 13.9. The molecule has 1 aromatic rings. The summed E-state index contributed by atoms with van der Waals surface area (Å²) >= 11 is 0.